The number of aliphatic imine (C=N–C) groups is 1. The third-order valence-electron chi connectivity index (χ3n) is 4.12. The number of hydrogen-bond acceptors (Lipinski definition) is 5. The fourth-order valence-corrected chi connectivity index (χ4v) is 2.56. The number of nitrogens with zero attached hydrogens (tertiary/aromatic N) is 2. The molecule has 2 aromatic rings. The van der Waals surface area contributed by atoms with Crippen LogP contribution in [0.25, 0.3) is 0 Å². The van der Waals surface area contributed by atoms with Gasteiger partial charge < -0.3 is 25.2 Å². The summed E-state index contributed by atoms with van der Waals surface area (Å²) in [4.78, 5) is 8.87. The summed E-state index contributed by atoms with van der Waals surface area (Å²) in [6.45, 7) is 6.15. The van der Waals surface area contributed by atoms with Crippen molar-refractivity contribution in [3.63, 3.8) is 0 Å². The third-order valence-corrected chi connectivity index (χ3v) is 4.12. The summed E-state index contributed by atoms with van der Waals surface area (Å²) in [6, 6.07) is 13.4. The van der Waals surface area contributed by atoms with Crippen molar-refractivity contribution >= 4 is 5.96 Å². The van der Waals surface area contributed by atoms with Crippen molar-refractivity contribution in [3.05, 3.63) is 59.8 Å². The van der Waals surface area contributed by atoms with Crippen LogP contribution in [-0.2, 0) is 16.9 Å². The van der Waals surface area contributed by atoms with Crippen molar-refractivity contribution in [2.24, 2.45) is 4.99 Å². The third kappa shape index (κ3) is 6.83. The minimum atomic E-state index is -1.01. The van der Waals surface area contributed by atoms with Gasteiger partial charge in [0.2, 0.25) is 5.88 Å². The molecule has 0 aliphatic rings. The maximum Gasteiger partial charge on any atom is 0.218 e. The summed E-state index contributed by atoms with van der Waals surface area (Å²) >= 11 is 0. The topological polar surface area (TPSA) is 88.0 Å². The van der Waals surface area contributed by atoms with Gasteiger partial charge in [-0.15, -0.1) is 0 Å². The molecule has 0 saturated carbocycles. The maximum absolute atomic E-state index is 10.8. The highest BCUT2D eigenvalue weighted by Gasteiger charge is 2.23. The highest BCUT2D eigenvalue weighted by atomic mass is 16.5. The van der Waals surface area contributed by atoms with Crippen LogP contribution in [0.4, 0.5) is 0 Å². The molecular formula is C21H30N4O3. The number of pyridine rings is 1. The Kier molecular flexibility index (Phi) is 8.71. The van der Waals surface area contributed by atoms with Crippen LogP contribution in [0.15, 0.2) is 53.7 Å². The molecule has 0 radical (unpaired) electrons. The van der Waals surface area contributed by atoms with Gasteiger partial charge in [-0.2, -0.15) is 0 Å². The minimum Gasteiger partial charge on any atom is -0.475 e. The minimum absolute atomic E-state index is 0.326. The molecule has 7 heteroatoms. The molecule has 152 valence electrons. The zero-order chi connectivity index (χ0) is 20.2. The molecule has 1 unspecified atom stereocenters. The van der Waals surface area contributed by atoms with E-state index in [-0.39, 0.29) is 0 Å². The van der Waals surface area contributed by atoms with Gasteiger partial charge in [0, 0.05) is 25.4 Å². The van der Waals surface area contributed by atoms with Gasteiger partial charge in [-0.3, -0.25) is 0 Å². The molecule has 0 aliphatic heterocycles. The number of rotatable bonds is 10. The molecule has 7 nitrogen and oxygen atoms in total. The van der Waals surface area contributed by atoms with Gasteiger partial charge in [-0.1, -0.05) is 36.4 Å². The molecule has 0 saturated heterocycles. The second kappa shape index (κ2) is 11.3. The fourth-order valence-electron chi connectivity index (χ4n) is 2.56. The number of nitrogens with one attached hydrogen (secondary N) is 2. The summed E-state index contributed by atoms with van der Waals surface area (Å²) in [5, 5.41) is 17.2. The second-order valence-corrected chi connectivity index (χ2v) is 6.50. The van der Waals surface area contributed by atoms with Crippen LogP contribution >= 0.6 is 0 Å². The van der Waals surface area contributed by atoms with Crippen molar-refractivity contribution in [2.45, 2.75) is 26.0 Å². The van der Waals surface area contributed by atoms with Gasteiger partial charge in [-0.05, 0) is 25.5 Å². The lowest BCUT2D eigenvalue weighted by atomic mass is 9.96. The number of guanidine groups is 1. The van der Waals surface area contributed by atoms with Crippen molar-refractivity contribution in [3.8, 4) is 5.88 Å². The predicted octanol–water partition coefficient (Wildman–Crippen LogP) is 2.07. The molecule has 0 aliphatic carbocycles. The lowest BCUT2D eigenvalue weighted by Gasteiger charge is -2.25. The van der Waals surface area contributed by atoms with E-state index in [0.717, 1.165) is 11.1 Å². The fraction of sp³-hybridized carbons (Fsp3) is 0.429. The molecule has 1 heterocycles. The second-order valence-electron chi connectivity index (χ2n) is 6.50. The van der Waals surface area contributed by atoms with Gasteiger partial charge >= 0.3 is 0 Å². The SMILES string of the molecule is CCNC(=NCc1cccnc1OCCOC)NCC(C)(O)c1ccccc1. The van der Waals surface area contributed by atoms with E-state index in [0.29, 0.717) is 44.7 Å². The lowest BCUT2D eigenvalue weighted by Crippen LogP contribution is -2.44. The molecule has 3 N–H and O–H groups in total. The first-order chi connectivity index (χ1) is 13.6. The highest BCUT2D eigenvalue weighted by Crippen LogP contribution is 2.19. The Morgan fingerprint density at radius 1 is 1.14 bits per heavy atom. The summed E-state index contributed by atoms with van der Waals surface area (Å²) in [5.74, 6) is 1.17. The van der Waals surface area contributed by atoms with Crippen LogP contribution in [0.2, 0.25) is 0 Å². The molecule has 1 aromatic carbocycles. The van der Waals surface area contributed by atoms with Gasteiger partial charge in [0.05, 0.1) is 19.7 Å². The number of methoxy groups -OCH3 is 1. The number of hydrogen-bond donors (Lipinski definition) is 3. The first kappa shape index (κ1) is 21.7. The van der Waals surface area contributed by atoms with Crippen molar-refractivity contribution in [1.29, 1.82) is 0 Å². The van der Waals surface area contributed by atoms with Crippen LogP contribution in [0.3, 0.4) is 0 Å². The molecule has 2 rings (SSSR count). The van der Waals surface area contributed by atoms with Crippen LogP contribution < -0.4 is 15.4 Å². The average Bonchev–Trinajstić information content (AvgIpc) is 2.72. The summed E-state index contributed by atoms with van der Waals surface area (Å²) < 4.78 is 10.7. The van der Waals surface area contributed by atoms with E-state index in [2.05, 4.69) is 20.6 Å². The van der Waals surface area contributed by atoms with Crippen LogP contribution in [0, 0.1) is 0 Å². The van der Waals surface area contributed by atoms with Gasteiger partial charge in [-0.25, -0.2) is 9.98 Å². The Morgan fingerprint density at radius 2 is 1.93 bits per heavy atom. The van der Waals surface area contributed by atoms with Crippen molar-refractivity contribution < 1.29 is 14.6 Å². The van der Waals surface area contributed by atoms with E-state index < -0.39 is 5.60 Å². The molecule has 0 fully saturated rings. The molecule has 0 spiro atoms. The molecule has 0 bridgehead atoms. The maximum atomic E-state index is 10.8. The number of benzene rings is 1. The quantitative estimate of drug-likeness (QED) is 0.329. The van der Waals surface area contributed by atoms with E-state index >= 15 is 0 Å². The summed E-state index contributed by atoms with van der Waals surface area (Å²) in [6.07, 6.45) is 1.69. The standard InChI is InChI=1S/C21H30N4O3/c1-4-22-20(25-16-21(2,26)18-10-6-5-7-11-18)24-15-17-9-8-12-23-19(17)28-14-13-27-3/h5-12,26H,4,13-16H2,1-3H3,(H2,22,24,25). The Morgan fingerprint density at radius 3 is 2.64 bits per heavy atom. The Labute approximate surface area is 166 Å². The van der Waals surface area contributed by atoms with Gasteiger partial charge in [0.25, 0.3) is 0 Å². The van der Waals surface area contributed by atoms with Crippen LogP contribution in [-0.4, -0.2) is 49.5 Å². The van der Waals surface area contributed by atoms with Crippen LogP contribution in [0.1, 0.15) is 25.0 Å². The Hall–Kier alpha value is -2.64. The summed E-state index contributed by atoms with van der Waals surface area (Å²) in [5.41, 5.74) is 0.713. The molecule has 1 atom stereocenters. The molecular weight excluding hydrogens is 356 g/mol. The van der Waals surface area contributed by atoms with Gasteiger partial charge in [0.15, 0.2) is 5.96 Å². The largest absolute Gasteiger partial charge is 0.475 e. The number of aliphatic hydroxyl groups is 1. The van der Waals surface area contributed by atoms with E-state index in [1.807, 2.05) is 49.4 Å². The smallest absolute Gasteiger partial charge is 0.218 e. The molecule has 1 aromatic heterocycles. The number of ether oxygens (including phenoxy) is 2. The van der Waals surface area contributed by atoms with Crippen LogP contribution in [0.5, 0.6) is 5.88 Å². The van der Waals surface area contributed by atoms with Crippen molar-refractivity contribution in [1.82, 2.24) is 15.6 Å². The molecule has 28 heavy (non-hydrogen) atoms. The summed E-state index contributed by atoms with van der Waals surface area (Å²) in [7, 11) is 1.63. The first-order valence-corrected chi connectivity index (χ1v) is 9.42. The lowest BCUT2D eigenvalue weighted by molar-refractivity contribution is 0.0617. The van der Waals surface area contributed by atoms with E-state index in [9.17, 15) is 5.11 Å². The molecule has 0 amide bonds. The monoisotopic (exact) mass is 386 g/mol. The highest BCUT2D eigenvalue weighted by molar-refractivity contribution is 5.79. The predicted molar refractivity (Wildman–Crippen MR) is 110 cm³/mol. The zero-order valence-corrected chi connectivity index (χ0v) is 16.8. The van der Waals surface area contributed by atoms with Crippen molar-refractivity contribution in [2.75, 3.05) is 33.4 Å². The Bertz CT molecular complexity index is 735. The van der Waals surface area contributed by atoms with E-state index in [1.165, 1.54) is 0 Å². The van der Waals surface area contributed by atoms with Gasteiger partial charge in [0.1, 0.15) is 12.2 Å². The number of aromatic nitrogens is 1. The van der Waals surface area contributed by atoms with E-state index in [4.69, 9.17) is 9.47 Å². The first-order valence-electron chi connectivity index (χ1n) is 9.42. The average molecular weight is 386 g/mol. The van der Waals surface area contributed by atoms with E-state index in [1.54, 1.807) is 20.2 Å². The zero-order valence-electron chi connectivity index (χ0n) is 16.8. The Balaban J connectivity index is 2.03. The normalized spacial score (nSPS) is 13.6.